The molecule has 0 aliphatic carbocycles. The second-order valence-corrected chi connectivity index (χ2v) is 5.68. The molecule has 0 aliphatic rings. The van der Waals surface area contributed by atoms with E-state index in [1.807, 2.05) is 18.2 Å². The molecule has 0 fully saturated rings. The number of nitrogens with one attached hydrogen (secondary N) is 1. The molecule has 21 heavy (non-hydrogen) atoms. The minimum Gasteiger partial charge on any atom is -0.339 e. The van der Waals surface area contributed by atoms with Crippen molar-refractivity contribution in [3.8, 4) is 11.5 Å². The van der Waals surface area contributed by atoms with Crippen molar-refractivity contribution < 1.29 is 4.52 Å². The maximum absolute atomic E-state index is 5.50. The summed E-state index contributed by atoms with van der Waals surface area (Å²) in [4.78, 5) is 8.81. The summed E-state index contributed by atoms with van der Waals surface area (Å²) in [5.74, 6) is 1.85. The summed E-state index contributed by atoms with van der Waals surface area (Å²) in [5.41, 5.74) is 0.740. The molecule has 2 heterocycles. The van der Waals surface area contributed by atoms with E-state index in [1.165, 1.54) is 0 Å². The Labute approximate surface area is 126 Å². The fourth-order valence-electron chi connectivity index (χ4n) is 2.55. The molecular formula is C16H24N4O. The van der Waals surface area contributed by atoms with Crippen molar-refractivity contribution in [1.82, 2.24) is 20.4 Å². The molecule has 114 valence electrons. The molecule has 2 aromatic heterocycles. The molecule has 5 nitrogen and oxygen atoms in total. The topological polar surface area (TPSA) is 63.8 Å². The first-order chi connectivity index (χ1) is 10.1. The van der Waals surface area contributed by atoms with Crippen LogP contribution in [0.3, 0.4) is 0 Å². The molecule has 0 radical (unpaired) electrons. The molecule has 2 aromatic rings. The van der Waals surface area contributed by atoms with Crippen molar-refractivity contribution in [2.24, 2.45) is 5.92 Å². The molecular weight excluding hydrogens is 264 g/mol. The second-order valence-electron chi connectivity index (χ2n) is 5.68. The maximum Gasteiger partial charge on any atom is 0.231 e. The lowest BCUT2D eigenvalue weighted by Gasteiger charge is -2.24. The zero-order valence-corrected chi connectivity index (χ0v) is 13.2. The Morgan fingerprint density at radius 1 is 1.24 bits per heavy atom. The Balaban J connectivity index is 2.20. The van der Waals surface area contributed by atoms with Gasteiger partial charge in [0.25, 0.3) is 0 Å². The second kappa shape index (κ2) is 7.31. The van der Waals surface area contributed by atoms with Gasteiger partial charge in [0.15, 0.2) is 0 Å². The van der Waals surface area contributed by atoms with Crippen LogP contribution in [0.5, 0.6) is 0 Å². The van der Waals surface area contributed by atoms with E-state index >= 15 is 0 Å². The van der Waals surface area contributed by atoms with E-state index in [-0.39, 0.29) is 5.92 Å². The van der Waals surface area contributed by atoms with Gasteiger partial charge in [-0.25, -0.2) is 0 Å². The highest BCUT2D eigenvalue weighted by Crippen LogP contribution is 2.28. The van der Waals surface area contributed by atoms with Crippen LogP contribution in [0.2, 0.25) is 0 Å². The monoisotopic (exact) mass is 288 g/mol. The molecule has 0 amide bonds. The summed E-state index contributed by atoms with van der Waals surface area (Å²) in [7, 11) is 0. The Hall–Kier alpha value is -1.75. The molecule has 2 atom stereocenters. The molecule has 0 aliphatic heterocycles. The third-order valence-corrected chi connectivity index (χ3v) is 3.59. The van der Waals surface area contributed by atoms with Gasteiger partial charge in [-0.2, -0.15) is 4.98 Å². The van der Waals surface area contributed by atoms with Gasteiger partial charge in [0, 0.05) is 12.2 Å². The zero-order valence-electron chi connectivity index (χ0n) is 13.2. The van der Waals surface area contributed by atoms with Crippen LogP contribution in [0.25, 0.3) is 11.5 Å². The van der Waals surface area contributed by atoms with Crippen LogP contribution in [-0.2, 0) is 0 Å². The number of hydrogen-bond acceptors (Lipinski definition) is 5. The molecule has 0 saturated carbocycles. The third kappa shape index (κ3) is 3.88. The Bertz CT molecular complexity index is 538. The van der Waals surface area contributed by atoms with Crippen LogP contribution in [0, 0.1) is 5.92 Å². The fourth-order valence-corrected chi connectivity index (χ4v) is 2.55. The Morgan fingerprint density at radius 3 is 2.67 bits per heavy atom. The highest BCUT2D eigenvalue weighted by molar-refractivity contribution is 5.47. The predicted molar refractivity (Wildman–Crippen MR) is 82.9 cm³/mol. The van der Waals surface area contributed by atoms with Crippen molar-refractivity contribution in [1.29, 1.82) is 0 Å². The first kappa shape index (κ1) is 15.6. The van der Waals surface area contributed by atoms with Crippen LogP contribution in [0.1, 0.15) is 45.9 Å². The number of rotatable bonds is 7. The summed E-state index contributed by atoms with van der Waals surface area (Å²) in [6.07, 6.45) is 2.84. The van der Waals surface area contributed by atoms with Crippen molar-refractivity contribution in [3.63, 3.8) is 0 Å². The van der Waals surface area contributed by atoms with Gasteiger partial charge >= 0.3 is 0 Å². The van der Waals surface area contributed by atoms with E-state index in [0.717, 1.165) is 18.7 Å². The molecule has 0 saturated heterocycles. The number of pyridine rings is 1. The summed E-state index contributed by atoms with van der Waals surface area (Å²) < 4.78 is 5.50. The SMILES string of the molecule is CCCNC(C)C(c1nc(-c2ccccn2)no1)C(C)C. The molecule has 5 heteroatoms. The summed E-state index contributed by atoms with van der Waals surface area (Å²) in [6.45, 7) is 9.69. The molecule has 0 bridgehead atoms. The van der Waals surface area contributed by atoms with Crippen molar-refractivity contribution in [2.45, 2.75) is 46.1 Å². The van der Waals surface area contributed by atoms with E-state index in [4.69, 9.17) is 4.52 Å². The van der Waals surface area contributed by atoms with E-state index in [2.05, 4.69) is 48.1 Å². The van der Waals surface area contributed by atoms with Crippen LogP contribution in [0.15, 0.2) is 28.9 Å². The minimum absolute atomic E-state index is 0.196. The third-order valence-electron chi connectivity index (χ3n) is 3.59. The Morgan fingerprint density at radius 2 is 2.05 bits per heavy atom. The van der Waals surface area contributed by atoms with E-state index < -0.39 is 0 Å². The van der Waals surface area contributed by atoms with Crippen LogP contribution in [0.4, 0.5) is 0 Å². The standard InChI is InChI=1S/C16H24N4O/c1-5-9-17-12(4)14(11(2)3)16-19-15(20-21-16)13-8-6-7-10-18-13/h6-8,10-12,14,17H,5,9H2,1-4H3. The largest absolute Gasteiger partial charge is 0.339 e. The first-order valence-electron chi connectivity index (χ1n) is 7.61. The van der Waals surface area contributed by atoms with Gasteiger partial charge in [-0.3, -0.25) is 4.98 Å². The molecule has 0 aromatic carbocycles. The fraction of sp³-hybridized carbons (Fsp3) is 0.562. The first-order valence-corrected chi connectivity index (χ1v) is 7.61. The van der Waals surface area contributed by atoms with Gasteiger partial charge in [0.05, 0.1) is 5.92 Å². The number of aromatic nitrogens is 3. The lowest BCUT2D eigenvalue weighted by molar-refractivity contribution is 0.280. The van der Waals surface area contributed by atoms with Crippen molar-refractivity contribution in [3.05, 3.63) is 30.3 Å². The van der Waals surface area contributed by atoms with Gasteiger partial charge < -0.3 is 9.84 Å². The van der Waals surface area contributed by atoms with Gasteiger partial charge in [-0.15, -0.1) is 0 Å². The summed E-state index contributed by atoms with van der Waals surface area (Å²) >= 11 is 0. The molecule has 0 spiro atoms. The lowest BCUT2D eigenvalue weighted by atomic mass is 9.89. The molecule has 1 N–H and O–H groups in total. The van der Waals surface area contributed by atoms with E-state index in [1.54, 1.807) is 6.20 Å². The average molecular weight is 288 g/mol. The maximum atomic E-state index is 5.50. The van der Waals surface area contributed by atoms with Crippen LogP contribution < -0.4 is 5.32 Å². The van der Waals surface area contributed by atoms with Gasteiger partial charge in [-0.05, 0) is 37.9 Å². The zero-order chi connectivity index (χ0) is 15.2. The van der Waals surface area contributed by atoms with Crippen molar-refractivity contribution in [2.75, 3.05) is 6.54 Å². The number of hydrogen-bond donors (Lipinski definition) is 1. The number of nitrogens with zero attached hydrogens (tertiary/aromatic N) is 3. The minimum atomic E-state index is 0.196. The predicted octanol–water partition coefficient (Wildman–Crippen LogP) is 3.26. The quantitative estimate of drug-likeness (QED) is 0.847. The molecule has 2 unspecified atom stereocenters. The summed E-state index contributed by atoms with van der Waals surface area (Å²) in [6, 6.07) is 5.97. The van der Waals surface area contributed by atoms with Gasteiger partial charge in [0.1, 0.15) is 5.69 Å². The normalized spacial score (nSPS) is 14.3. The molecule has 2 rings (SSSR count). The smallest absolute Gasteiger partial charge is 0.231 e. The highest BCUT2D eigenvalue weighted by Gasteiger charge is 2.28. The van der Waals surface area contributed by atoms with Gasteiger partial charge in [-0.1, -0.05) is 32.0 Å². The van der Waals surface area contributed by atoms with Crippen LogP contribution >= 0.6 is 0 Å². The Kier molecular flexibility index (Phi) is 5.44. The van der Waals surface area contributed by atoms with Gasteiger partial charge in [0.2, 0.25) is 11.7 Å². The lowest BCUT2D eigenvalue weighted by Crippen LogP contribution is -2.35. The van der Waals surface area contributed by atoms with E-state index in [0.29, 0.717) is 23.7 Å². The average Bonchev–Trinajstić information content (AvgIpc) is 2.95. The highest BCUT2D eigenvalue weighted by atomic mass is 16.5. The summed E-state index contributed by atoms with van der Waals surface area (Å²) in [5, 5.41) is 7.59. The van der Waals surface area contributed by atoms with E-state index in [9.17, 15) is 0 Å². The van der Waals surface area contributed by atoms with Crippen molar-refractivity contribution >= 4 is 0 Å². The van der Waals surface area contributed by atoms with Crippen LogP contribution in [-0.4, -0.2) is 27.7 Å².